The number of carbonyl (C=O) groups is 2. The molecule has 2 N–H and O–H groups in total. The van der Waals surface area contributed by atoms with Crippen LogP contribution in [-0.4, -0.2) is 17.0 Å². The van der Waals surface area contributed by atoms with Crippen molar-refractivity contribution in [2.75, 3.05) is 5.32 Å². The van der Waals surface area contributed by atoms with Crippen LogP contribution in [0.2, 0.25) is 5.02 Å². The van der Waals surface area contributed by atoms with Crippen LogP contribution in [0, 0.1) is 6.92 Å². The van der Waals surface area contributed by atoms with Gasteiger partial charge >= 0.3 is 5.97 Å². The van der Waals surface area contributed by atoms with Gasteiger partial charge < -0.3 is 10.4 Å². The molecule has 0 bridgehead atoms. The summed E-state index contributed by atoms with van der Waals surface area (Å²) in [5, 5.41) is 11.7. The number of thiophene rings is 1. The van der Waals surface area contributed by atoms with E-state index in [0.717, 1.165) is 11.3 Å². The SMILES string of the molecule is CC(=O)Nc1sc(C)c(Cl)c1C(=O)O. The first-order valence-corrected chi connectivity index (χ1v) is 4.92. The molecule has 0 saturated carbocycles. The minimum Gasteiger partial charge on any atom is -0.478 e. The van der Waals surface area contributed by atoms with Gasteiger partial charge in [-0.1, -0.05) is 11.6 Å². The number of rotatable bonds is 2. The van der Waals surface area contributed by atoms with E-state index < -0.39 is 5.97 Å². The standard InChI is InChI=1S/C8H8ClNO3S/c1-3-6(9)5(8(12)13)7(14-3)10-4(2)11/h1-2H3,(H,10,11)(H,12,13). The van der Waals surface area contributed by atoms with Gasteiger partial charge in [-0.05, 0) is 6.92 Å². The lowest BCUT2D eigenvalue weighted by atomic mass is 10.3. The minimum atomic E-state index is -1.14. The molecule has 1 aromatic rings. The van der Waals surface area contributed by atoms with E-state index in [9.17, 15) is 9.59 Å². The Morgan fingerprint density at radius 2 is 2.07 bits per heavy atom. The van der Waals surface area contributed by atoms with Crippen molar-refractivity contribution in [3.63, 3.8) is 0 Å². The molecule has 4 nitrogen and oxygen atoms in total. The first kappa shape index (κ1) is 11.0. The molecule has 0 aliphatic carbocycles. The zero-order valence-corrected chi connectivity index (χ0v) is 9.12. The van der Waals surface area contributed by atoms with Crippen LogP contribution in [0.4, 0.5) is 5.00 Å². The minimum absolute atomic E-state index is 0.0376. The van der Waals surface area contributed by atoms with Crippen molar-refractivity contribution in [1.29, 1.82) is 0 Å². The number of carbonyl (C=O) groups excluding carboxylic acids is 1. The van der Waals surface area contributed by atoms with Crippen molar-refractivity contribution < 1.29 is 14.7 Å². The van der Waals surface area contributed by atoms with E-state index in [4.69, 9.17) is 16.7 Å². The van der Waals surface area contributed by atoms with Gasteiger partial charge in [-0.3, -0.25) is 4.79 Å². The summed E-state index contributed by atoms with van der Waals surface area (Å²) in [5.74, 6) is -1.45. The number of carboxylic acid groups (broad SMARTS) is 1. The number of aromatic carboxylic acids is 1. The number of halogens is 1. The number of hydrogen-bond donors (Lipinski definition) is 2. The molecule has 0 fully saturated rings. The van der Waals surface area contributed by atoms with Crippen molar-refractivity contribution in [2.24, 2.45) is 0 Å². The second-order valence-electron chi connectivity index (χ2n) is 2.66. The van der Waals surface area contributed by atoms with E-state index in [0.29, 0.717) is 4.88 Å². The number of amides is 1. The summed E-state index contributed by atoms with van der Waals surface area (Å²) in [7, 11) is 0. The molecular formula is C8H8ClNO3S. The van der Waals surface area contributed by atoms with Crippen molar-refractivity contribution in [2.45, 2.75) is 13.8 Å². The highest BCUT2D eigenvalue weighted by Crippen LogP contribution is 2.36. The summed E-state index contributed by atoms with van der Waals surface area (Å²) in [4.78, 5) is 22.3. The quantitative estimate of drug-likeness (QED) is 0.824. The van der Waals surface area contributed by atoms with Gasteiger partial charge in [-0.2, -0.15) is 0 Å². The molecule has 6 heteroatoms. The fraction of sp³-hybridized carbons (Fsp3) is 0.250. The van der Waals surface area contributed by atoms with E-state index in [1.807, 2.05) is 0 Å². The predicted octanol–water partition coefficient (Wildman–Crippen LogP) is 2.37. The molecule has 76 valence electrons. The zero-order valence-electron chi connectivity index (χ0n) is 7.55. The Labute approximate surface area is 89.5 Å². The third-order valence-corrected chi connectivity index (χ3v) is 3.12. The third-order valence-electron chi connectivity index (χ3n) is 1.51. The topological polar surface area (TPSA) is 66.4 Å². The van der Waals surface area contributed by atoms with Gasteiger partial charge in [-0.15, -0.1) is 11.3 Å². The molecule has 0 atom stereocenters. The molecule has 0 spiro atoms. The third kappa shape index (κ3) is 2.05. The van der Waals surface area contributed by atoms with Gasteiger partial charge in [0.25, 0.3) is 0 Å². The monoisotopic (exact) mass is 233 g/mol. The molecule has 1 rings (SSSR count). The van der Waals surface area contributed by atoms with E-state index in [-0.39, 0.29) is 21.5 Å². The van der Waals surface area contributed by atoms with Crippen molar-refractivity contribution in [3.05, 3.63) is 15.5 Å². The average Bonchev–Trinajstić information content (AvgIpc) is 2.26. The lowest BCUT2D eigenvalue weighted by Crippen LogP contribution is -2.08. The number of carboxylic acids is 1. The van der Waals surface area contributed by atoms with Gasteiger partial charge in [0.05, 0.1) is 5.02 Å². The van der Waals surface area contributed by atoms with Crippen molar-refractivity contribution in [1.82, 2.24) is 0 Å². The van der Waals surface area contributed by atoms with Crippen LogP contribution >= 0.6 is 22.9 Å². The fourth-order valence-corrected chi connectivity index (χ4v) is 2.29. The largest absolute Gasteiger partial charge is 0.478 e. The molecule has 0 aromatic carbocycles. The molecule has 0 unspecified atom stereocenters. The van der Waals surface area contributed by atoms with Crippen LogP contribution in [0.1, 0.15) is 22.2 Å². The molecule has 0 radical (unpaired) electrons. The maximum absolute atomic E-state index is 10.8. The smallest absolute Gasteiger partial charge is 0.340 e. The number of hydrogen-bond acceptors (Lipinski definition) is 3. The highest BCUT2D eigenvalue weighted by Gasteiger charge is 2.20. The Morgan fingerprint density at radius 3 is 2.50 bits per heavy atom. The fourth-order valence-electron chi connectivity index (χ4n) is 0.964. The average molecular weight is 234 g/mol. The van der Waals surface area contributed by atoms with E-state index >= 15 is 0 Å². The summed E-state index contributed by atoms with van der Waals surface area (Å²) >= 11 is 6.92. The summed E-state index contributed by atoms with van der Waals surface area (Å²) in [5.41, 5.74) is -0.0376. The van der Waals surface area contributed by atoms with E-state index in [1.165, 1.54) is 6.92 Å². The van der Waals surface area contributed by atoms with Gasteiger partial charge in [0.15, 0.2) is 0 Å². The Morgan fingerprint density at radius 1 is 1.50 bits per heavy atom. The zero-order chi connectivity index (χ0) is 10.9. The molecule has 0 aliphatic heterocycles. The van der Waals surface area contributed by atoms with E-state index in [1.54, 1.807) is 6.92 Å². The lowest BCUT2D eigenvalue weighted by molar-refractivity contribution is -0.114. The number of anilines is 1. The summed E-state index contributed by atoms with van der Waals surface area (Å²) in [6.07, 6.45) is 0. The van der Waals surface area contributed by atoms with Crippen LogP contribution in [0.3, 0.4) is 0 Å². The highest BCUT2D eigenvalue weighted by molar-refractivity contribution is 7.17. The highest BCUT2D eigenvalue weighted by atomic mass is 35.5. The maximum Gasteiger partial charge on any atom is 0.340 e. The molecule has 1 aromatic heterocycles. The lowest BCUT2D eigenvalue weighted by Gasteiger charge is -1.99. The first-order chi connectivity index (χ1) is 6.43. The summed E-state index contributed by atoms with van der Waals surface area (Å²) in [6, 6.07) is 0. The molecule has 1 amide bonds. The van der Waals surface area contributed by atoms with Crippen LogP contribution < -0.4 is 5.32 Å². The summed E-state index contributed by atoms with van der Waals surface area (Å²) in [6.45, 7) is 3.01. The number of aryl methyl sites for hydroxylation is 1. The molecule has 0 saturated heterocycles. The van der Waals surface area contributed by atoms with Crippen molar-refractivity contribution in [3.8, 4) is 0 Å². The van der Waals surface area contributed by atoms with Gasteiger partial charge in [-0.25, -0.2) is 4.79 Å². The van der Waals surface area contributed by atoms with Gasteiger partial charge in [0, 0.05) is 11.8 Å². The Hall–Kier alpha value is -1.07. The second kappa shape index (κ2) is 3.98. The van der Waals surface area contributed by atoms with E-state index in [2.05, 4.69) is 5.32 Å². The Kier molecular flexibility index (Phi) is 3.13. The Bertz CT molecular complexity index is 400. The normalized spacial score (nSPS) is 9.93. The number of nitrogens with one attached hydrogen (secondary N) is 1. The van der Waals surface area contributed by atoms with Gasteiger partial charge in [0.1, 0.15) is 10.6 Å². The molecule has 0 aliphatic rings. The molecule has 14 heavy (non-hydrogen) atoms. The van der Waals surface area contributed by atoms with Crippen molar-refractivity contribution >= 4 is 39.8 Å². The van der Waals surface area contributed by atoms with Gasteiger partial charge in [0.2, 0.25) is 5.91 Å². The molecule has 1 heterocycles. The summed E-state index contributed by atoms with van der Waals surface area (Å²) < 4.78 is 0. The molecular weight excluding hydrogens is 226 g/mol. The first-order valence-electron chi connectivity index (χ1n) is 3.73. The van der Waals surface area contributed by atoms with Crippen LogP contribution in [0.15, 0.2) is 0 Å². The predicted molar refractivity (Wildman–Crippen MR) is 55.3 cm³/mol. The van der Waals surface area contributed by atoms with Crippen LogP contribution in [0.5, 0.6) is 0 Å². The maximum atomic E-state index is 10.8. The van der Waals surface area contributed by atoms with Crippen LogP contribution in [-0.2, 0) is 4.79 Å². The van der Waals surface area contributed by atoms with Crippen LogP contribution in [0.25, 0.3) is 0 Å². The second-order valence-corrected chi connectivity index (χ2v) is 4.27. The Balaban J connectivity index is 3.22.